The fraction of sp³-hybridized carbons (Fsp3) is 0.176. The van der Waals surface area contributed by atoms with Crippen molar-refractivity contribution in [2.75, 3.05) is 11.9 Å². The number of alkyl halides is 2. The third kappa shape index (κ3) is 5.33. The summed E-state index contributed by atoms with van der Waals surface area (Å²) in [4.78, 5) is 23.2. The smallest absolute Gasteiger partial charge is 0.341 e. The van der Waals surface area contributed by atoms with Gasteiger partial charge in [0.25, 0.3) is 5.91 Å². The van der Waals surface area contributed by atoms with E-state index in [2.05, 4.69) is 21.2 Å². The van der Waals surface area contributed by atoms with Gasteiger partial charge < -0.3 is 10.1 Å². The summed E-state index contributed by atoms with van der Waals surface area (Å²) in [5, 5.41) is 2.59. The Bertz CT molecular complexity index is 962. The monoisotopic (exact) mass is 461 g/mol. The molecule has 1 N–H and O–H groups in total. The Kier molecular flexibility index (Phi) is 6.66. The maximum Gasteiger partial charge on any atom is 0.341 e. The van der Waals surface area contributed by atoms with E-state index in [9.17, 15) is 26.8 Å². The molecule has 0 aromatic heterocycles. The molecule has 0 atom stereocenters. The lowest BCUT2D eigenvalue weighted by Gasteiger charge is -2.09. The molecule has 0 aliphatic rings. The summed E-state index contributed by atoms with van der Waals surface area (Å²) < 4.78 is 53.3. The number of carbonyl (C=O) groups is 2. The van der Waals surface area contributed by atoms with Crippen LogP contribution in [0.3, 0.4) is 0 Å². The molecule has 0 bridgehead atoms. The SMILES string of the molecule is Cc1cc(Br)ccc1NC(=O)COC(=O)c1ccc(S(=O)(=O)C(F)F)cc1. The first-order chi connectivity index (χ1) is 12.6. The Hall–Kier alpha value is -2.33. The Morgan fingerprint density at radius 1 is 1.15 bits per heavy atom. The van der Waals surface area contributed by atoms with Crippen LogP contribution in [0.25, 0.3) is 0 Å². The third-order valence-corrected chi connectivity index (χ3v) is 5.34. The van der Waals surface area contributed by atoms with Gasteiger partial charge >= 0.3 is 11.7 Å². The van der Waals surface area contributed by atoms with E-state index >= 15 is 0 Å². The zero-order chi connectivity index (χ0) is 20.2. The predicted octanol–water partition coefficient (Wildman–Crippen LogP) is 3.55. The maximum atomic E-state index is 12.5. The average Bonchev–Trinajstić information content (AvgIpc) is 2.62. The van der Waals surface area contributed by atoms with Crippen LogP contribution in [0.4, 0.5) is 14.5 Å². The molecule has 0 fully saturated rings. The fourth-order valence-corrected chi connectivity index (χ4v) is 3.25. The minimum Gasteiger partial charge on any atom is -0.452 e. The van der Waals surface area contributed by atoms with Gasteiger partial charge in [0.2, 0.25) is 9.84 Å². The Labute approximate surface area is 162 Å². The summed E-state index contributed by atoms with van der Waals surface area (Å²) in [7, 11) is -4.74. The van der Waals surface area contributed by atoms with Crippen molar-refractivity contribution in [1.29, 1.82) is 0 Å². The molecule has 6 nitrogen and oxygen atoms in total. The highest BCUT2D eigenvalue weighted by Gasteiger charge is 2.26. The van der Waals surface area contributed by atoms with Crippen LogP contribution in [0.2, 0.25) is 0 Å². The van der Waals surface area contributed by atoms with E-state index in [0.717, 1.165) is 34.3 Å². The first-order valence-electron chi connectivity index (χ1n) is 7.46. The summed E-state index contributed by atoms with van der Waals surface area (Å²) in [6, 6.07) is 9.05. The summed E-state index contributed by atoms with van der Waals surface area (Å²) in [6.07, 6.45) is 0. The number of nitrogens with one attached hydrogen (secondary N) is 1. The topological polar surface area (TPSA) is 89.5 Å². The number of hydrogen-bond acceptors (Lipinski definition) is 5. The van der Waals surface area contributed by atoms with Gasteiger partial charge in [-0.15, -0.1) is 0 Å². The largest absolute Gasteiger partial charge is 0.452 e. The molecule has 10 heteroatoms. The van der Waals surface area contributed by atoms with Gasteiger partial charge in [0, 0.05) is 10.2 Å². The lowest BCUT2D eigenvalue weighted by Crippen LogP contribution is -2.21. The van der Waals surface area contributed by atoms with Gasteiger partial charge in [0.15, 0.2) is 6.61 Å². The van der Waals surface area contributed by atoms with E-state index < -0.39 is 39.0 Å². The van der Waals surface area contributed by atoms with Crippen LogP contribution in [0.1, 0.15) is 15.9 Å². The second kappa shape index (κ2) is 8.57. The molecule has 0 radical (unpaired) electrons. The van der Waals surface area contributed by atoms with E-state index in [-0.39, 0.29) is 5.56 Å². The summed E-state index contributed by atoms with van der Waals surface area (Å²) in [5.41, 5.74) is 1.29. The van der Waals surface area contributed by atoms with Gasteiger partial charge in [-0.1, -0.05) is 15.9 Å². The molecule has 0 heterocycles. The molecule has 2 rings (SSSR count). The van der Waals surface area contributed by atoms with Crippen LogP contribution in [0.5, 0.6) is 0 Å². The summed E-state index contributed by atoms with van der Waals surface area (Å²) in [5.74, 6) is -5.01. The molecule has 0 aliphatic carbocycles. The number of hydrogen-bond donors (Lipinski definition) is 1. The van der Waals surface area contributed by atoms with E-state index in [1.165, 1.54) is 0 Å². The van der Waals surface area contributed by atoms with Crippen molar-refractivity contribution in [3.63, 3.8) is 0 Å². The zero-order valence-corrected chi connectivity index (χ0v) is 16.3. The van der Waals surface area contributed by atoms with E-state index in [4.69, 9.17) is 4.74 Å². The van der Waals surface area contributed by atoms with Gasteiger partial charge in [0.05, 0.1) is 10.5 Å². The molecule has 0 aliphatic heterocycles. The Balaban J connectivity index is 1.96. The molecule has 0 unspecified atom stereocenters. The lowest BCUT2D eigenvalue weighted by atomic mass is 10.2. The van der Waals surface area contributed by atoms with Gasteiger partial charge in [0.1, 0.15) is 0 Å². The summed E-state index contributed by atoms with van der Waals surface area (Å²) >= 11 is 3.30. The minimum atomic E-state index is -4.74. The number of halogens is 3. The molecule has 2 aromatic carbocycles. The van der Waals surface area contributed by atoms with Crippen LogP contribution in [0, 0.1) is 6.92 Å². The fourth-order valence-electron chi connectivity index (χ4n) is 2.05. The van der Waals surface area contributed by atoms with Crippen LogP contribution < -0.4 is 5.32 Å². The molecule has 1 amide bonds. The number of aryl methyl sites for hydroxylation is 1. The van der Waals surface area contributed by atoms with E-state index in [1.807, 2.05) is 0 Å². The number of esters is 1. The minimum absolute atomic E-state index is 0.0733. The van der Waals surface area contributed by atoms with Crippen LogP contribution >= 0.6 is 15.9 Å². The molecule has 2 aromatic rings. The molecular formula is C17H14BrF2NO5S. The third-order valence-electron chi connectivity index (χ3n) is 3.45. The van der Waals surface area contributed by atoms with Crippen molar-refractivity contribution in [3.8, 4) is 0 Å². The van der Waals surface area contributed by atoms with Crippen molar-refractivity contribution < 1.29 is 31.5 Å². The number of ether oxygens (including phenoxy) is 1. The Morgan fingerprint density at radius 2 is 1.78 bits per heavy atom. The Morgan fingerprint density at radius 3 is 2.33 bits per heavy atom. The van der Waals surface area contributed by atoms with Crippen molar-refractivity contribution in [2.45, 2.75) is 17.6 Å². The van der Waals surface area contributed by atoms with Crippen LogP contribution in [0.15, 0.2) is 51.8 Å². The van der Waals surface area contributed by atoms with Crippen molar-refractivity contribution >= 4 is 43.3 Å². The number of rotatable bonds is 6. The molecule has 0 saturated carbocycles. The van der Waals surface area contributed by atoms with Crippen LogP contribution in [-0.4, -0.2) is 32.7 Å². The van der Waals surface area contributed by atoms with Gasteiger partial charge in [-0.25, -0.2) is 13.2 Å². The van der Waals surface area contributed by atoms with Crippen molar-refractivity contribution in [1.82, 2.24) is 0 Å². The number of benzene rings is 2. The van der Waals surface area contributed by atoms with Gasteiger partial charge in [-0.3, -0.25) is 4.79 Å². The van der Waals surface area contributed by atoms with Crippen molar-refractivity contribution in [2.24, 2.45) is 0 Å². The second-order valence-corrected chi connectivity index (χ2v) is 8.25. The van der Waals surface area contributed by atoms with Gasteiger partial charge in [-0.2, -0.15) is 8.78 Å². The van der Waals surface area contributed by atoms with Crippen molar-refractivity contribution in [3.05, 3.63) is 58.1 Å². The predicted molar refractivity (Wildman–Crippen MR) is 97.4 cm³/mol. The first-order valence-corrected chi connectivity index (χ1v) is 9.80. The molecular weight excluding hydrogens is 448 g/mol. The number of anilines is 1. The standard InChI is InChI=1S/C17H14BrF2NO5S/c1-10-8-12(18)4-7-14(10)21-15(22)9-26-16(23)11-2-5-13(6-3-11)27(24,25)17(19)20/h2-8,17H,9H2,1H3,(H,21,22). The molecule has 0 saturated heterocycles. The normalized spacial score (nSPS) is 11.3. The highest BCUT2D eigenvalue weighted by molar-refractivity contribution is 9.10. The van der Waals surface area contributed by atoms with Gasteiger partial charge in [-0.05, 0) is 55.0 Å². The van der Waals surface area contributed by atoms with E-state index in [1.54, 1.807) is 25.1 Å². The van der Waals surface area contributed by atoms with E-state index in [0.29, 0.717) is 5.69 Å². The molecule has 27 heavy (non-hydrogen) atoms. The maximum absolute atomic E-state index is 12.5. The first kappa shape index (κ1) is 21.0. The second-order valence-electron chi connectivity index (χ2n) is 5.41. The zero-order valence-electron chi connectivity index (χ0n) is 13.9. The summed E-state index contributed by atoms with van der Waals surface area (Å²) in [6.45, 7) is 1.23. The van der Waals surface area contributed by atoms with Crippen LogP contribution in [-0.2, 0) is 19.4 Å². The lowest BCUT2D eigenvalue weighted by molar-refractivity contribution is -0.119. The molecule has 144 valence electrons. The quantitative estimate of drug-likeness (QED) is 0.664. The average molecular weight is 462 g/mol. The number of amides is 1. The highest BCUT2D eigenvalue weighted by atomic mass is 79.9. The number of carbonyl (C=O) groups excluding carboxylic acids is 2. The highest BCUT2D eigenvalue weighted by Crippen LogP contribution is 2.20. The number of sulfone groups is 1. The molecule has 0 spiro atoms.